The van der Waals surface area contributed by atoms with Gasteiger partial charge in [-0.2, -0.15) is 0 Å². The first-order chi connectivity index (χ1) is 11.2. The van der Waals surface area contributed by atoms with E-state index < -0.39 is 0 Å². The van der Waals surface area contributed by atoms with Crippen molar-refractivity contribution in [3.8, 4) is 0 Å². The van der Waals surface area contributed by atoms with E-state index in [1.54, 1.807) is 11.3 Å². The first kappa shape index (κ1) is 18.2. The summed E-state index contributed by atoms with van der Waals surface area (Å²) in [5.74, 6) is 0.894. The zero-order valence-corrected chi connectivity index (χ0v) is 15.6. The number of piperidine rings is 1. The number of aromatic nitrogens is 1. The Morgan fingerprint density at radius 3 is 2.96 bits per heavy atom. The maximum Gasteiger partial charge on any atom is 0.191 e. The maximum atomic E-state index is 4.64. The fourth-order valence-corrected chi connectivity index (χ4v) is 3.81. The number of thiazole rings is 1. The molecule has 1 aliphatic heterocycles. The molecule has 2 heterocycles. The molecular weight excluding hydrogens is 306 g/mol. The van der Waals surface area contributed by atoms with Gasteiger partial charge in [-0.05, 0) is 39.7 Å². The molecule has 5 nitrogen and oxygen atoms in total. The monoisotopic (exact) mass is 337 g/mol. The number of hydrogen-bond acceptors (Lipinski definition) is 4. The average Bonchev–Trinajstić information content (AvgIpc) is 2.98. The Balaban J connectivity index is 1.79. The summed E-state index contributed by atoms with van der Waals surface area (Å²) in [6.45, 7) is 11.3. The molecule has 0 radical (unpaired) electrons. The number of likely N-dealkylation sites (tertiary alicyclic amines) is 1. The van der Waals surface area contributed by atoms with Crippen LogP contribution in [0.2, 0.25) is 0 Å². The minimum absolute atomic E-state index is 0.648. The van der Waals surface area contributed by atoms with Gasteiger partial charge in [0.05, 0.1) is 6.54 Å². The molecule has 0 saturated carbocycles. The molecule has 0 aromatic carbocycles. The molecule has 0 aliphatic carbocycles. The van der Waals surface area contributed by atoms with Gasteiger partial charge in [0.25, 0.3) is 0 Å². The Kier molecular flexibility index (Phi) is 7.82. The topological polar surface area (TPSA) is 52.6 Å². The van der Waals surface area contributed by atoms with Crippen molar-refractivity contribution >= 4 is 17.3 Å². The lowest BCUT2D eigenvalue weighted by Gasteiger charge is -2.35. The Morgan fingerprint density at radius 1 is 1.39 bits per heavy atom. The van der Waals surface area contributed by atoms with Gasteiger partial charge < -0.3 is 10.6 Å². The molecule has 1 aliphatic rings. The minimum Gasteiger partial charge on any atom is -0.357 e. The van der Waals surface area contributed by atoms with Gasteiger partial charge in [-0.1, -0.05) is 13.3 Å². The van der Waals surface area contributed by atoms with Crippen molar-refractivity contribution in [2.45, 2.75) is 59.0 Å². The molecular formula is C17H31N5S. The second-order valence-electron chi connectivity index (χ2n) is 6.08. The first-order valence-corrected chi connectivity index (χ1v) is 9.72. The molecule has 0 amide bonds. The first-order valence-electron chi connectivity index (χ1n) is 8.90. The normalized spacial score (nSPS) is 19.8. The van der Waals surface area contributed by atoms with Crippen molar-refractivity contribution in [3.05, 3.63) is 16.1 Å². The maximum absolute atomic E-state index is 4.64. The third kappa shape index (κ3) is 6.11. The largest absolute Gasteiger partial charge is 0.357 e. The van der Waals surface area contributed by atoms with E-state index in [1.165, 1.54) is 37.1 Å². The standard InChI is InChI=1S/C17H31N5S/c1-4-15-8-6-7-10-22(15)11-9-19-17(18-5-2)21-13-16-20-12-14(3)23-16/h12,15H,4-11,13H2,1-3H3,(H2,18,19,21). The lowest BCUT2D eigenvalue weighted by molar-refractivity contribution is 0.147. The number of hydrogen-bond donors (Lipinski definition) is 2. The van der Waals surface area contributed by atoms with Crippen molar-refractivity contribution in [1.29, 1.82) is 0 Å². The predicted molar refractivity (Wildman–Crippen MR) is 99.2 cm³/mol. The zero-order valence-electron chi connectivity index (χ0n) is 14.8. The van der Waals surface area contributed by atoms with Crippen LogP contribution in [0.25, 0.3) is 0 Å². The number of nitrogens with zero attached hydrogens (tertiary/aromatic N) is 3. The van der Waals surface area contributed by atoms with Gasteiger partial charge in [0.15, 0.2) is 5.96 Å². The summed E-state index contributed by atoms with van der Waals surface area (Å²) in [6.07, 6.45) is 7.26. The zero-order chi connectivity index (χ0) is 16.5. The third-order valence-corrected chi connectivity index (χ3v) is 5.20. The van der Waals surface area contributed by atoms with Gasteiger partial charge >= 0.3 is 0 Å². The molecule has 1 fully saturated rings. The quantitative estimate of drug-likeness (QED) is 0.593. The SMILES string of the molecule is CCNC(=NCc1ncc(C)s1)NCCN1CCCCC1CC. The van der Waals surface area contributed by atoms with Crippen molar-refractivity contribution in [3.63, 3.8) is 0 Å². The molecule has 1 unspecified atom stereocenters. The van der Waals surface area contributed by atoms with Crippen LogP contribution in [0.15, 0.2) is 11.2 Å². The van der Waals surface area contributed by atoms with E-state index in [4.69, 9.17) is 0 Å². The van der Waals surface area contributed by atoms with E-state index in [2.05, 4.69) is 46.3 Å². The van der Waals surface area contributed by atoms with Crippen molar-refractivity contribution < 1.29 is 0 Å². The van der Waals surface area contributed by atoms with Gasteiger partial charge in [-0.3, -0.25) is 4.90 Å². The van der Waals surface area contributed by atoms with Crippen LogP contribution in [0.3, 0.4) is 0 Å². The summed E-state index contributed by atoms with van der Waals surface area (Å²) in [5, 5.41) is 7.85. The van der Waals surface area contributed by atoms with E-state index in [9.17, 15) is 0 Å². The summed E-state index contributed by atoms with van der Waals surface area (Å²) >= 11 is 1.72. The molecule has 6 heteroatoms. The van der Waals surface area contributed by atoms with Gasteiger partial charge in [-0.25, -0.2) is 9.98 Å². The lowest BCUT2D eigenvalue weighted by Crippen LogP contribution is -2.45. The van der Waals surface area contributed by atoms with Gasteiger partial charge in [0, 0.05) is 36.8 Å². The Labute approximate surface area is 144 Å². The highest BCUT2D eigenvalue weighted by Crippen LogP contribution is 2.18. The number of nitrogens with one attached hydrogen (secondary N) is 2. The fourth-order valence-electron chi connectivity index (χ4n) is 3.10. The minimum atomic E-state index is 0.648. The summed E-state index contributed by atoms with van der Waals surface area (Å²) in [7, 11) is 0. The molecule has 1 aromatic rings. The Hall–Kier alpha value is -1.14. The molecule has 1 atom stereocenters. The number of guanidine groups is 1. The molecule has 23 heavy (non-hydrogen) atoms. The van der Waals surface area contributed by atoms with Gasteiger partial charge in [0.1, 0.15) is 5.01 Å². The molecule has 0 bridgehead atoms. The number of aryl methyl sites for hydroxylation is 1. The molecule has 130 valence electrons. The van der Waals surface area contributed by atoms with Crippen LogP contribution in [0.1, 0.15) is 49.4 Å². The Bertz CT molecular complexity index is 485. The summed E-state index contributed by atoms with van der Waals surface area (Å²) < 4.78 is 0. The lowest BCUT2D eigenvalue weighted by atomic mass is 10.0. The second-order valence-corrected chi connectivity index (χ2v) is 7.40. The van der Waals surface area contributed by atoms with Gasteiger partial charge in [0.2, 0.25) is 0 Å². The molecule has 2 rings (SSSR count). The van der Waals surface area contributed by atoms with Crippen molar-refractivity contribution in [2.24, 2.45) is 4.99 Å². The number of rotatable bonds is 7. The van der Waals surface area contributed by atoms with Crippen LogP contribution in [0.4, 0.5) is 0 Å². The summed E-state index contributed by atoms with van der Waals surface area (Å²) in [4.78, 5) is 12.9. The highest BCUT2D eigenvalue weighted by molar-refractivity contribution is 7.11. The van der Waals surface area contributed by atoms with Crippen LogP contribution in [0.5, 0.6) is 0 Å². The Morgan fingerprint density at radius 2 is 2.26 bits per heavy atom. The van der Waals surface area contributed by atoms with E-state index in [-0.39, 0.29) is 0 Å². The van der Waals surface area contributed by atoms with Gasteiger partial charge in [-0.15, -0.1) is 11.3 Å². The highest BCUT2D eigenvalue weighted by Gasteiger charge is 2.19. The van der Waals surface area contributed by atoms with Crippen molar-refractivity contribution in [2.75, 3.05) is 26.2 Å². The predicted octanol–water partition coefficient (Wildman–Crippen LogP) is 2.77. The van der Waals surface area contributed by atoms with Crippen LogP contribution in [0, 0.1) is 6.92 Å². The smallest absolute Gasteiger partial charge is 0.191 e. The fraction of sp³-hybridized carbons (Fsp3) is 0.765. The van der Waals surface area contributed by atoms with Crippen LogP contribution >= 0.6 is 11.3 Å². The number of aliphatic imine (C=N–C) groups is 1. The van der Waals surface area contributed by atoms with Crippen LogP contribution < -0.4 is 10.6 Å². The molecule has 2 N–H and O–H groups in total. The van der Waals surface area contributed by atoms with E-state index in [1.807, 2.05) is 6.20 Å². The molecule has 1 aromatic heterocycles. The van der Waals surface area contributed by atoms with Crippen molar-refractivity contribution in [1.82, 2.24) is 20.5 Å². The van der Waals surface area contributed by atoms with E-state index >= 15 is 0 Å². The second kappa shape index (κ2) is 9.88. The average molecular weight is 338 g/mol. The van der Waals surface area contributed by atoms with Crippen LogP contribution in [-0.4, -0.2) is 48.1 Å². The molecule has 1 saturated heterocycles. The highest BCUT2D eigenvalue weighted by atomic mass is 32.1. The summed E-state index contributed by atoms with van der Waals surface area (Å²) in [6, 6.07) is 0.767. The molecule has 0 spiro atoms. The van der Waals surface area contributed by atoms with E-state index in [0.29, 0.717) is 6.54 Å². The van der Waals surface area contributed by atoms with Crippen LogP contribution in [-0.2, 0) is 6.54 Å². The van der Waals surface area contributed by atoms with E-state index in [0.717, 1.165) is 36.6 Å². The third-order valence-electron chi connectivity index (χ3n) is 4.30. The summed E-state index contributed by atoms with van der Waals surface area (Å²) in [5.41, 5.74) is 0.